The molecule has 1 aliphatic carbocycles. The molecule has 162 valence electrons. The number of allylic oxidation sites excluding steroid dienone is 1. The zero-order valence-corrected chi connectivity index (χ0v) is 20.4. The summed E-state index contributed by atoms with van der Waals surface area (Å²) in [6.07, 6.45) is 5.93. The molecule has 0 spiro atoms. The lowest BCUT2D eigenvalue weighted by Crippen LogP contribution is -2.67. The van der Waals surface area contributed by atoms with Gasteiger partial charge in [-0.2, -0.15) is 0 Å². The minimum atomic E-state index is -2.44. The zero-order chi connectivity index (χ0) is 21.6. The fraction of sp³-hybridized carbons (Fsp3) is 0.481. The van der Waals surface area contributed by atoms with Gasteiger partial charge in [0.05, 0.1) is 6.61 Å². The normalized spacial score (nSPS) is 18.7. The molecule has 2 aromatic carbocycles. The van der Waals surface area contributed by atoms with Gasteiger partial charge >= 0.3 is 0 Å². The van der Waals surface area contributed by atoms with E-state index in [1.165, 1.54) is 22.4 Å². The van der Waals surface area contributed by atoms with Crippen molar-refractivity contribution in [2.75, 3.05) is 20.3 Å². The number of benzene rings is 2. The van der Waals surface area contributed by atoms with Crippen molar-refractivity contribution in [3.8, 4) is 0 Å². The maximum absolute atomic E-state index is 7.15. The second-order valence-corrected chi connectivity index (χ2v) is 14.1. The number of methoxy groups -OCH3 is 1. The molecule has 0 fully saturated rings. The zero-order valence-electron chi connectivity index (χ0n) is 19.4. The van der Waals surface area contributed by atoms with E-state index < -0.39 is 8.32 Å². The lowest BCUT2D eigenvalue weighted by Gasteiger charge is -2.44. The average molecular weight is 423 g/mol. The number of hydrogen-bond donors (Lipinski definition) is 0. The highest BCUT2D eigenvalue weighted by atomic mass is 28.4. The van der Waals surface area contributed by atoms with E-state index in [-0.39, 0.29) is 5.04 Å². The Hall–Kier alpha value is -1.68. The molecular weight excluding hydrogens is 384 g/mol. The summed E-state index contributed by atoms with van der Waals surface area (Å²) >= 11 is 0. The van der Waals surface area contributed by atoms with Crippen molar-refractivity contribution < 1.29 is 9.16 Å². The summed E-state index contributed by atoms with van der Waals surface area (Å²) in [5, 5.41) is 2.76. The van der Waals surface area contributed by atoms with Crippen LogP contribution >= 0.6 is 0 Å². The highest BCUT2D eigenvalue weighted by Gasteiger charge is 2.50. The third kappa shape index (κ3) is 4.96. The molecule has 0 amide bonds. The highest BCUT2D eigenvalue weighted by molar-refractivity contribution is 6.99. The third-order valence-electron chi connectivity index (χ3n) is 6.66. The molecule has 1 aliphatic rings. The largest absolute Gasteiger partial charge is 0.407 e. The smallest absolute Gasteiger partial charge is 0.261 e. The predicted molar refractivity (Wildman–Crippen MR) is 130 cm³/mol. The number of ether oxygens (including phenoxy) is 1. The van der Waals surface area contributed by atoms with Crippen LogP contribution in [-0.4, -0.2) is 28.6 Å². The van der Waals surface area contributed by atoms with Crippen molar-refractivity contribution in [3.05, 3.63) is 72.3 Å². The van der Waals surface area contributed by atoms with E-state index in [0.717, 1.165) is 26.1 Å². The first-order chi connectivity index (χ1) is 14.4. The topological polar surface area (TPSA) is 18.5 Å². The van der Waals surface area contributed by atoms with Crippen LogP contribution in [0.4, 0.5) is 0 Å². The molecular formula is C27H38O2Si. The van der Waals surface area contributed by atoms with Gasteiger partial charge in [-0.15, -0.1) is 0 Å². The molecule has 0 unspecified atom stereocenters. The van der Waals surface area contributed by atoms with Gasteiger partial charge in [0.15, 0.2) is 0 Å². The second-order valence-electron chi connectivity index (χ2n) is 9.78. The third-order valence-corrected chi connectivity index (χ3v) is 11.7. The van der Waals surface area contributed by atoms with E-state index in [1.807, 2.05) is 0 Å². The molecule has 0 saturated carbocycles. The standard InChI is InChI=1S/C27H38O2Si/c1-22(24-18-16-23(17-19-24)21-28-5)20-29-30(27(2,3)4,25-12-8-6-9-13-25)26-14-10-7-11-15-26/h6-16,22,24H,17-21H2,1-5H3/t22-,24-/m0/s1. The Bertz CT molecular complexity index is 768. The minimum Gasteiger partial charge on any atom is -0.407 e. The molecule has 2 aromatic rings. The van der Waals surface area contributed by atoms with Crippen LogP contribution in [0.2, 0.25) is 5.04 Å². The Morgan fingerprint density at radius 1 is 0.967 bits per heavy atom. The number of hydrogen-bond acceptors (Lipinski definition) is 2. The van der Waals surface area contributed by atoms with Gasteiger partial charge in [0.25, 0.3) is 8.32 Å². The monoisotopic (exact) mass is 422 g/mol. The van der Waals surface area contributed by atoms with Crippen molar-refractivity contribution in [1.82, 2.24) is 0 Å². The summed E-state index contributed by atoms with van der Waals surface area (Å²) in [7, 11) is -0.652. The summed E-state index contributed by atoms with van der Waals surface area (Å²) < 4.78 is 12.5. The molecule has 0 radical (unpaired) electrons. The second kappa shape index (κ2) is 10.1. The van der Waals surface area contributed by atoms with Gasteiger partial charge in [0.1, 0.15) is 0 Å². The summed E-state index contributed by atoms with van der Waals surface area (Å²) in [4.78, 5) is 0. The van der Waals surface area contributed by atoms with Crippen molar-refractivity contribution in [2.45, 2.75) is 52.0 Å². The van der Waals surface area contributed by atoms with Gasteiger partial charge in [-0.1, -0.05) is 94.4 Å². The lowest BCUT2D eigenvalue weighted by atomic mass is 9.82. The van der Waals surface area contributed by atoms with Gasteiger partial charge in [-0.05, 0) is 52.1 Å². The first kappa shape index (κ1) is 23.0. The van der Waals surface area contributed by atoms with E-state index in [4.69, 9.17) is 9.16 Å². The van der Waals surface area contributed by atoms with Crippen LogP contribution in [0.15, 0.2) is 72.3 Å². The fourth-order valence-corrected chi connectivity index (χ4v) is 9.56. The molecule has 3 heteroatoms. The summed E-state index contributed by atoms with van der Waals surface area (Å²) in [5.41, 5.74) is 1.45. The Morgan fingerprint density at radius 2 is 1.53 bits per heavy atom. The Morgan fingerprint density at radius 3 is 1.97 bits per heavy atom. The molecule has 3 rings (SSSR count). The molecule has 0 heterocycles. The van der Waals surface area contributed by atoms with Crippen LogP contribution in [0, 0.1) is 11.8 Å². The van der Waals surface area contributed by atoms with Gasteiger partial charge < -0.3 is 9.16 Å². The van der Waals surface area contributed by atoms with Gasteiger partial charge in [-0.25, -0.2) is 0 Å². The van der Waals surface area contributed by atoms with Gasteiger partial charge in [0, 0.05) is 13.7 Å². The minimum absolute atomic E-state index is 0.0352. The summed E-state index contributed by atoms with van der Waals surface area (Å²) in [6, 6.07) is 21.9. The van der Waals surface area contributed by atoms with Gasteiger partial charge in [-0.3, -0.25) is 0 Å². The summed E-state index contributed by atoms with van der Waals surface area (Å²) in [5.74, 6) is 1.22. The van der Waals surface area contributed by atoms with E-state index in [0.29, 0.717) is 11.8 Å². The highest BCUT2D eigenvalue weighted by Crippen LogP contribution is 2.38. The molecule has 2 nitrogen and oxygen atoms in total. The average Bonchev–Trinajstić information content (AvgIpc) is 2.75. The van der Waals surface area contributed by atoms with Gasteiger partial charge in [0.2, 0.25) is 0 Å². The Labute approximate surface area is 184 Å². The van der Waals surface area contributed by atoms with Crippen molar-refractivity contribution in [2.24, 2.45) is 11.8 Å². The lowest BCUT2D eigenvalue weighted by molar-refractivity contribution is 0.181. The van der Waals surface area contributed by atoms with Crippen LogP contribution in [0.25, 0.3) is 0 Å². The van der Waals surface area contributed by atoms with Crippen LogP contribution in [0.5, 0.6) is 0 Å². The maximum Gasteiger partial charge on any atom is 0.261 e. The van der Waals surface area contributed by atoms with Crippen LogP contribution in [0.1, 0.15) is 47.0 Å². The fourth-order valence-electron chi connectivity index (χ4n) is 4.90. The van der Waals surface area contributed by atoms with Crippen molar-refractivity contribution >= 4 is 18.7 Å². The van der Waals surface area contributed by atoms with E-state index >= 15 is 0 Å². The Balaban J connectivity index is 1.87. The summed E-state index contributed by atoms with van der Waals surface area (Å²) in [6.45, 7) is 11.0. The number of rotatable bonds is 8. The van der Waals surface area contributed by atoms with Crippen LogP contribution in [-0.2, 0) is 9.16 Å². The molecule has 0 aromatic heterocycles. The SMILES string of the molecule is COCC1=CC[C@H]([C@@H](C)CO[Si](c2ccccc2)(c2ccccc2)C(C)(C)C)CC1. The van der Waals surface area contributed by atoms with E-state index in [9.17, 15) is 0 Å². The van der Waals surface area contributed by atoms with E-state index in [1.54, 1.807) is 7.11 Å². The molecule has 0 N–H and O–H groups in total. The Kier molecular flexibility index (Phi) is 7.73. The molecule has 0 saturated heterocycles. The maximum atomic E-state index is 7.15. The quantitative estimate of drug-likeness (QED) is 0.409. The molecule has 0 aliphatic heterocycles. The molecule has 2 atom stereocenters. The van der Waals surface area contributed by atoms with Crippen molar-refractivity contribution in [3.63, 3.8) is 0 Å². The molecule has 30 heavy (non-hydrogen) atoms. The first-order valence-corrected chi connectivity index (χ1v) is 13.2. The van der Waals surface area contributed by atoms with E-state index in [2.05, 4.69) is 94.4 Å². The van der Waals surface area contributed by atoms with Crippen LogP contribution < -0.4 is 10.4 Å². The molecule has 0 bridgehead atoms. The van der Waals surface area contributed by atoms with Crippen LogP contribution in [0.3, 0.4) is 0 Å². The predicted octanol–water partition coefficient (Wildman–Crippen LogP) is 5.57. The van der Waals surface area contributed by atoms with Crippen molar-refractivity contribution in [1.29, 1.82) is 0 Å². The first-order valence-electron chi connectivity index (χ1n) is 11.3.